The normalized spacial score (nSPS) is 20.0. The number of thiazole rings is 1. The van der Waals surface area contributed by atoms with Gasteiger partial charge in [0.2, 0.25) is 11.8 Å². The molecule has 1 aromatic carbocycles. The second-order valence-electron chi connectivity index (χ2n) is 14.6. The van der Waals surface area contributed by atoms with Crippen LogP contribution in [0.15, 0.2) is 40.4 Å². The van der Waals surface area contributed by atoms with Gasteiger partial charge in [0.15, 0.2) is 11.6 Å². The van der Waals surface area contributed by atoms with Crippen molar-refractivity contribution in [2.45, 2.75) is 103 Å². The highest BCUT2D eigenvalue weighted by molar-refractivity contribution is 7.13. The molecule has 3 aromatic rings. The van der Waals surface area contributed by atoms with Crippen molar-refractivity contribution in [1.82, 2.24) is 25.3 Å². The van der Waals surface area contributed by atoms with Crippen LogP contribution in [0.4, 0.5) is 10.6 Å². The first-order chi connectivity index (χ1) is 23.1. The summed E-state index contributed by atoms with van der Waals surface area (Å²) in [5.41, 5.74) is 4.27. The highest BCUT2D eigenvalue weighted by Gasteiger charge is 2.43. The number of rotatable bonds is 9. The van der Waals surface area contributed by atoms with Gasteiger partial charge in [-0.25, -0.2) is 9.78 Å². The molecular formula is C36H50N6O6S. The lowest BCUT2D eigenvalue weighted by Gasteiger charge is -2.37. The van der Waals surface area contributed by atoms with E-state index in [-0.39, 0.29) is 48.9 Å². The quantitative estimate of drug-likeness (QED) is 0.296. The van der Waals surface area contributed by atoms with E-state index in [1.165, 1.54) is 4.90 Å². The minimum atomic E-state index is -0.814. The van der Waals surface area contributed by atoms with Crippen LogP contribution in [0.2, 0.25) is 0 Å². The molecule has 266 valence electrons. The first-order valence-corrected chi connectivity index (χ1v) is 18.0. The number of carbonyl (C=O) groups excluding carboxylic acids is 3. The molecule has 2 aliphatic heterocycles. The molecular weight excluding hydrogens is 644 g/mol. The summed E-state index contributed by atoms with van der Waals surface area (Å²) in [6.07, 6.45) is 0.515. The number of piperidine rings is 1. The molecule has 49 heavy (non-hydrogen) atoms. The molecule has 4 atom stereocenters. The molecule has 2 fully saturated rings. The maximum Gasteiger partial charge on any atom is 0.410 e. The Bertz CT molecular complexity index is 1610. The molecule has 12 nitrogen and oxygen atoms in total. The van der Waals surface area contributed by atoms with Crippen LogP contribution in [0.5, 0.6) is 0 Å². The average Bonchev–Trinajstić information content (AvgIpc) is 3.80. The number of ether oxygens (including phenoxy) is 1. The first-order valence-electron chi connectivity index (χ1n) is 17.1. The van der Waals surface area contributed by atoms with E-state index >= 15 is 0 Å². The van der Waals surface area contributed by atoms with Crippen LogP contribution in [-0.2, 0) is 14.3 Å². The molecule has 2 saturated heterocycles. The van der Waals surface area contributed by atoms with E-state index in [0.717, 1.165) is 34.5 Å². The number of likely N-dealkylation sites (tertiary alicyclic amines) is 2. The number of hydrogen-bond donors (Lipinski definition) is 2. The molecule has 1 unspecified atom stereocenters. The van der Waals surface area contributed by atoms with Crippen molar-refractivity contribution in [3.05, 3.63) is 52.9 Å². The number of aliphatic hydroxyl groups excluding tert-OH is 1. The van der Waals surface area contributed by atoms with Gasteiger partial charge in [0.25, 0.3) is 0 Å². The summed E-state index contributed by atoms with van der Waals surface area (Å²) >= 11 is 1.59. The number of β-amino-alcohol motifs (C(OH)–C–C–N with tert-alkyl or cyclic N) is 1. The third-order valence-electron chi connectivity index (χ3n) is 9.42. The Balaban J connectivity index is 1.23. The van der Waals surface area contributed by atoms with Crippen molar-refractivity contribution < 1.29 is 28.8 Å². The van der Waals surface area contributed by atoms with E-state index in [1.54, 1.807) is 22.3 Å². The van der Waals surface area contributed by atoms with Crippen molar-refractivity contribution in [2.24, 2.45) is 5.92 Å². The smallest absolute Gasteiger partial charge is 0.410 e. The third-order valence-corrected chi connectivity index (χ3v) is 10.4. The van der Waals surface area contributed by atoms with Gasteiger partial charge in [0.1, 0.15) is 17.6 Å². The third kappa shape index (κ3) is 8.43. The van der Waals surface area contributed by atoms with Crippen LogP contribution in [0.3, 0.4) is 0 Å². The summed E-state index contributed by atoms with van der Waals surface area (Å²) in [5, 5.41) is 18.0. The Hall–Kier alpha value is -3.97. The van der Waals surface area contributed by atoms with Gasteiger partial charge in [0, 0.05) is 45.2 Å². The standard InChI is InChI=1S/C36H50N6O6S/c1-21(2)31(29-18-30(39-48-29)40(8)26-13-15-41(16-14-26)35(46)47-36(5,6)7)34(45)42-19-27(43)17-28(42)33(44)38-22(3)24-9-11-25(12-10-24)32-23(4)37-20-49-32/h9-12,18,20-22,26-28,31,43H,13-17,19H2,1-8H3,(H,38,44)/t22-,27+,28-,31?/m0/s1. The van der Waals surface area contributed by atoms with Crippen LogP contribution in [0.25, 0.3) is 10.4 Å². The minimum Gasteiger partial charge on any atom is -0.444 e. The van der Waals surface area contributed by atoms with Gasteiger partial charge < -0.3 is 34.4 Å². The Morgan fingerprint density at radius 1 is 1.12 bits per heavy atom. The van der Waals surface area contributed by atoms with Crippen LogP contribution in [0, 0.1) is 12.8 Å². The number of benzene rings is 1. The molecule has 0 aliphatic carbocycles. The number of aliphatic hydroxyl groups is 1. The summed E-state index contributed by atoms with van der Waals surface area (Å²) in [7, 11) is 1.94. The molecule has 5 rings (SSSR count). The first kappa shape index (κ1) is 36.3. The minimum absolute atomic E-state index is 0.0640. The molecule has 4 heterocycles. The molecule has 2 aromatic heterocycles. The summed E-state index contributed by atoms with van der Waals surface area (Å²) in [6.45, 7) is 14.5. The lowest BCUT2D eigenvalue weighted by Crippen LogP contribution is -2.48. The van der Waals surface area contributed by atoms with Crippen LogP contribution in [0.1, 0.15) is 89.8 Å². The SMILES string of the molecule is Cc1ncsc1-c1ccc([C@H](C)NC(=O)[C@@H]2C[C@@H](O)CN2C(=O)C(c2cc(N(C)C3CCN(C(=O)OC(C)(C)C)CC3)no2)C(C)C)cc1. The Morgan fingerprint density at radius 2 is 1.80 bits per heavy atom. The fourth-order valence-corrected chi connectivity index (χ4v) is 7.47. The van der Waals surface area contributed by atoms with Gasteiger partial charge in [-0.15, -0.1) is 11.3 Å². The van der Waals surface area contributed by atoms with Crippen molar-refractivity contribution in [3.8, 4) is 10.4 Å². The van der Waals surface area contributed by atoms with Crippen LogP contribution < -0.4 is 10.2 Å². The van der Waals surface area contributed by atoms with Crippen molar-refractivity contribution >= 4 is 35.1 Å². The van der Waals surface area contributed by atoms with Gasteiger partial charge >= 0.3 is 6.09 Å². The molecule has 2 aliphatic rings. The van der Waals surface area contributed by atoms with Crippen molar-refractivity contribution in [2.75, 3.05) is 31.6 Å². The number of amides is 3. The predicted octanol–water partition coefficient (Wildman–Crippen LogP) is 5.52. The van der Waals surface area contributed by atoms with Crippen LogP contribution in [-0.4, -0.2) is 93.4 Å². The molecule has 0 spiro atoms. The Kier molecular flexibility index (Phi) is 11.0. The van der Waals surface area contributed by atoms with Gasteiger partial charge in [0.05, 0.1) is 28.2 Å². The van der Waals surface area contributed by atoms with Gasteiger partial charge in [-0.05, 0) is 64.5 Å². The largest absolute Gasteiger partial charge is 0.444 e. The zero-order valence-corrected chi connectivity index (χ0v) is 30.6. The highest BCUT2D eigenvalue weighted by Crippen LogP contribution is 2.34. The topological polar surface area (TPSA) is 141 Å². The number of nitrogens with one attached hydrogen (secondary N) is 1. The average molecular weight is 695 g/mol. The number of nitrogens with zero attached hydrogens (tertiary/aromatic N) is 5. The zero-order chi connectivity index (χ0) is 35.6. The van der Waals surface area contributed by atoms with E-state index < -0.39 is 23.7 Å². The lowest BCUT2D eigenvalue weighted by atomic mass is 9.91. The summed E-state index contributed by atoms with van der Waals surface area (Å²) in [4.78, 5) is 51.0. The Labute approximate surface area is 292 Å². The van der Waals surface area contributed by atoms with Crippen molar-refractivity contribution in [1.29, 1.82) is 0 Å². The molecule has 0 radical (unpaired) electrons. The summed E-state index contributed by atoms with van der Waals surface area (Å²) in [6, 6.07) is 8.83. The number of aromatic nitrogens is 2. The molecule has 13 heteroatoms. The lowest BCUT2D eigenvalue weighted by molar-refractivity contribution is -0.141. The second-order valence-corrected chi connectivity index (χ2v) is 15.5. The molecule has 0 bridgehead atoms. The number of aryl methyl sites for hydroxylation is 1. The monoisotopic (exact) mass is 694 g/mol. The predicted molar refractivity (Wildman–Crippen MR) is 188 cm³/mol. The van der Waals surface area contributed by atoms with E-state index in [1.807, 2.05) is 90.2 Å². The molecule has 0 saturated carbocycles. The number of anilines is 1. The van der Waals surface area contributed by atoms with E-state index in [0.29, 0.717) is 24.7 Å². The molecule has 3 amide bonds. The van der Waals surface area contributed by atoms with E-state index in [4.69, 9.17) is 9.26 Å². The second kappa shape index (κ2) is 14.9. The van der Waals surface area contributed by atoms with E-state index in [2.05, 4.69) is 15.5 Å². The molecule has 2 N–H and O–H groups in total. The zero-order valence-electron chi connectivity index (χ0n) is 29.8. The summed E-state index contributed by atoms with van der Waals surface area (Å²) in [5.74, 6) is -0.415. The van der Waals surface area contributed by atoms with Crippen LogP contribution >= 0.6 is 11.3 Å². The fourth-order valence-electron chi connectivity index (χ4n) is 6.66. The van der Waals surface area contributed by atoms with Crippen molar-refractivity contribution in [3.63, 3.8) is 0 Å². The number of carbonyl (C=O) groups is 3. The maximum atomic E-state index is 14.1. The highest BCUT2D eigenvalue weighted by atomic mass is 32.1. The van der Waals surface area contributed by atoms with Gasteiger partial charge in [-0.3, -0.25) is 9.59 Å². The summed E-state index contributed by atoms with van der Waals surface area (Å²) < 4.78 is 11.3. The van der Waals surface area contributed by atoms with Gasteiger partial charge in [-0.2, -0.15) is 0 Å². The maximum absolute atomic E-state index is 14.1. The number of hydrogen-bond acceptors (Lipinski definition) is 10. The fraction of sp³-hybridized carbons (Fsp3) is 0.583. The van der Waals surface area contributed by atoms with E-state index in [9.17, 15) is 19.5 Å². The Morgan fingerprint density at radius 3 is 2.39 bits per heavy atom. The van der Waals surface area contributed by atoms with Gasteiger partial charge in [-0.1, -0.05) is 43.3 Å².